The largest absolute Gasteiger partial charge is 0.459 e. The van der Waals surface area contributed by atoms with Gasteiger partial charge in [-0.05, 0) is 38.3 Å². The summed E-state index contributed by atoms with van der Waals surface area (Å²) >= 11 is 0. The Balaban J connectivity index is 1.50. The Kier molecular flexibility index (Phi) is 4.93. The lowest BCUT2D eigenvalue weighted by atomic mass is 9.99. The molecule has 2 amide bonds. The molecule has 2 aromatic rings. The van der Waals surface area contributed by atoms with Crippen molar-refractivity contribution in [1.82, 2.24) is 25.4 Å². The molecule has 0 saturated carbocycles. The van der Waals surface area contributed by atoms with Crippen LogP contribution in [0.3, 0.4) is 0 Å². The van der Waals surface area contributed by atoms with Crippen molar-refractivity contribution in [1.29, 1.82) is 0 Å². The van der Waals surface area contributed by atoms with E-state index < -0.39 is 0 Å². The van der Waals surface area contributed by atoms with Crippen molar-refractivity contribution in [3.05, 3.63) is 35.8 Å². The molecule has 4 heterocycles. The molecular weight excluding hydrogens is 350 g/mol. The van der Waals surface area contributed by atoms with Gasteiger partial charge in [0.2, 0.25) is 5.91 Å². The van der Waals surface area contributed by atoms with Gasteiger partial charge < -0.3 is 19.4 Å². The summed E-state index contributed by atoms with van der Waals surface area (Å²) in [5.74, 6) is 1.28. The molecule has 0 radical (unpaired) electrons. The zero-order chi connectivity index (χ0) is 18.8. The molecule has 0 unspecified atom stereocenters. The van der Waals surface area contributed by atoms with E-state index in [2.05, 4.69) is 20.5 Å². The van der Waals surface area contributed by atoms with Crippen molar-refractivity contribution in [2.45, 2.75) is 38.3 Å². The van der Waals surface area contributed by atoms with Crippen LogP contribution in [-0.4, -0.2) is 57.7 Å². The van der Waals surface area contributed by atoms with E-state index in [1.54, 1.807) is 17.0 Å². The highest BCUT2D eigenvalue weighted by Gasteiger charge is 2.40. The minimum absolute atomic E-state index is 0.0283. The van der Waals surface area contributed by atoms with Crippen molar-refractivity contribution in [3.63, 3.8) is 0 Å². The summed E-state index contributed by atoms with van der Waals surface area (Å²) in [5, 5.41) is 10.1. The third-order valence-electron chi connectivity index (χ3n) is 5.14. The summed E-state index contributed by atoms with van der Waals surface area (Å²) in [6.07, 6.45) is 3.51. The van der Waals surface area contributed by atoms with Crippen LogP contribution in [-0.2, 0) is 9.53 Å². The number of aryl methyl sites for hydroxylation is 1. The summed E-state index contributed by atoms with van der Waals surface area (Å²) in [7, 11) is 0. The fraction of sp³-hybridized carbons (Fsp3) is 0.556. The lowest BCUT2D eigenvalue weighted by Crippen LogP contribution is -2.42. The Hall–Kier alpha value is -2.68. The SMILES string of the molecule is Cc1nc([C@@H]2C[C@H](NC(=O)C3CCOCC3)CN2C(=O)c2ccco2)n[nH]1. The second-order valence-electron chi connectivity index (χ2n) is 7.06. The molecule has 2 aromatic heterocycles. The van der Waals surface area contributed by atoms with Crippen LogP contribution in [0.1, 0.15) is 47.5 Å². The number of aromatic amines is 1. The van der Waals surface area contributed by atoms with Crippen molar-refractivity contribution in [3.8, 4) is 0 Å². The van der Waals surface area contributed by atoms with Crippen LogP contribution in [0.2, 0.25) is 0 Å². The zero-order valence-corrected chi connectivity index (χ0v) is 15.2. The molecule has 9 nitrogen and oxygen atoms in total. The molecule has 9 heteroatoms. The Labute approximate surface area is 156 Å². The first-order chi connectivity index (χ1) is 13.1. The Morgan fingerprint density at radius 3 is 2.81 bits per heavy atom. The molecule has 0 aromatic carbocycles. The standard InChI is InChI=1S/C18H23N5O4/c1-11-19-16(22-21-11)14-9-13(20-17(24)12-4-7-26-8-5-12)10-23(14)18(25)15-3-2-6-27-15/h2-3,6,12-14H,4-5,7-10H2,1H3,(H,20,24)(H,19,21,22)/t13-,14-/m0/s1. The number of amides is 2. The summed E-state index contributed by atoms with van der Waals surface area (Å²) in [6.45, 7) is 3.44. The number of hydrogen-bond donors (Lipinski definition) is 2. The number of aromatic nitrogens is 3. The van der Waals surface area contributed by atoms with Gasteiger partial charge in [0.05, 0.1) is 12.3 Å². The van der Waals surface area contributed by atoms with Gasteiger partial charge in [-0.1, -0.05) is 0 Å². The van der Waals surface area contributed by atoms with Gasteiger partial charge >= 0.3 is 0 Å². The lowest BCUT2D eigenvalue weighted by Gasteiger charge is -2.23. The van der Waals surface area contributed by atoms with Crippen molar-refractivity contribution >= 4 is 11.8 Å². The molecule has 0 bridgehead atoms. The maximum Gasteiger partial charge on any atom is 0.290 e. The topological polar surface area (TPSA) is 113 Å². The summed E-state index contributed by atoms with van der Waals surface area (Å²) in [4.78, 5) is 31.5. The minimum Gasteiger partial charge on any atom is -0.459 e. The number of ether oxygens (including phenoxy) is 1. The van der Waals surface area contributed by atoms with E-state index in [9.17, 15) is 9.59 Å². The minimum atomic E-state index is -0.312. The number of likely N-dealkylation sites (tertiary alicyclic amines) is 1. The first kappa shape index (κ1) is 17.7. The van der Waals surface area contributed by atoms with Gasteiger partial charge in [-0.2, -0.15) is 5.10 Å². The van der Waals surface area contributed by atoms with E-state index in [4.69, 9.17) is 9.15 Å². The Morgan fingerprint density at radius 1 is 1.33 bits per heavy atom. The van der Waals surface area contributed by atoms with Crippen molar-refractivity contribution in [2.75, 3.05) is 19.8 Å². The lowest BCUT2D eigenvalue weighted by molar-refractivity contribution is -0.128. The van der Waals surface area contributed by atoms with E-state index in [0.717, 1.165) is 12.8 Å². The van der Waals surface area contributed by atoms with Crippen molar-refractivity contribution < 1.29 is 18.7 Å². The van der Waals surface area contributed by atoms with E-state index >= 15 is 0 Å². The molecule has 4 rings (SSSR count). The normalized spacial score (nSPS) is 23.5. The molecule has 144 valence electrons. The van der Waals surface area contributed by atoms with Crippen LogP contribution >= 0.6 is 0 Å². The number of carbonyl (C=O) groups is 2. The van der Waals surface area contributed by atoms with Crippen LogP contribution in [0.4, 0.5) is 0 Å². The molecule has 27 heavy (non-hydrogen) atoms. The van der Waals surface area contributed by atoms with E-state index in [0.29, 0.717) is 37.8 Å². The highest BCUT2D eigenvalue weighted by molar-refractivity contribution is 5.92. The number of nitrogens with one attached hydrogen (secondary N) is 2. The fourth-order valence-corrected chi connectivity index (χ4v) is 3.74. The van der Waals surface area contributed by atoms with Crippen LogP contribution in [0, 0.1) is 12.8 Å². The van der Waals surface area contributed by atoms with Gasteiger partial charge in [0.1, 0.15) is 5.82 Å². The molecule has 2 fully saturated rings. The number of carbonyl (C=O) groups excluding carboxylic acids is 2. The summed E-state index contributed by atoms with van der Waals surface area (Å²) in [6, 6.07) is 2.85. The van der Waals surface area contributed by atoms with Gasteiger partial charge in [-0.3, -0.25) is 14.7 Å². The van der Waals surface area contributed by atoms with E-state index in [1.165, 1.54) is 6.26 Å². The third-order valence-corrected chi connectivity index (χ3v) is 5.14. The van der Waals surface area contributed by atoms with Crippen molar-refractivity contribution in [2.24, 2.45) is 5.92 Å². The Morgan fingerprint density at radius 2 is 2.15 bits per heavy atom. The molecule has 2 aliphatic rings. The van der Waals surface area contributed by atoms with Crippen LogP contribution in [0.5, 0.6) is 0 Å². The van der Waals surface area contributed by atoms with Crippen LogP contribution < -0.4 is 5.32 Å². The maximum absolute atomic E-state index is 12.9. The summed E-state index contributed by atoms with van der Waals surface area (Å²) < 4.78 is 10.6. The third kappa shape index (κ3) is 3.73. The van der Waals surface area contributed by atoms with Crippen LogP contribution in [0.15, 0.2) is 22.8 Å². The predicted octanol–water partition coefficient (Wildman–Crippen LogP) is 1.20. The molecule has 2 N–H and O–H groups in total. The highest BCUT2D eigenvalue weighted by Crippen LogP contribution is 2.32. The molecular formula is C18H23N5O4. The smallest absolute Gasteiger partial charge is 0.290 e. The number of nitrogens with zero attached hydrogens (tertiary/aromatic N) is 3. The average Bonchev–Trinajstić information content (AvgIpc) is 3.42. The maximum atomic E-state index is 12.9. The van der Waals surface area contributed by atoms with Crippen LogP contribution in [0.25, 0.3) is 0 Å². The first-order valence-corrected chi connectivity index (χ1v) is 9.23. The second-order valence-corrected chi connectivity index (χ2v) is 7.06. The molecule has 0 aliphatic carbocycles. The highest BCUT2D eigenvalue weighted by atomic mass is 16.5. The predicted molar refractivity (Wildman–Crippen MR) is 93.7 cm³/mol. The van der Waals surface area contributed by atoms with E-state index in [-0.39, 0.29) is 35.6 Å². The van der Waals surface area contributed by atoms with Gasteiger partial charge in [0.15, 0.2) is 11.6 Å². The molecule has 2 atom stereocenters. The van der Waals surface area contributed by atoms with Gasteiger partial charge in [0, 0.05) is 31.7 Å². The van der Waals surface area contributed by atoms with Gasteiger partial charge in [-0.15, -0.1) is 0 Å². The molecule has 0 spiro atoms. The Bertz CT molecular complexity index is 797. The fourth-order valence-electron chi connectivity index (χ4n) is 3.74. The monoisotopic (exact) mass is 373 g/mol. The number of hydrogen-bond acceptors (Lipinski definition) is 6. The van der Waals surface area contributed by atoms with Gasteiger partial charge in [-0.25, -0.2) is 4.98 Å². The average molecular weight is 373 g/mol. The zero-order valence-electron chi connectivity index (χ0n) is 15.2. The van der Waals surface area contributed by atoms with E-state index in [1.807, 2.05) is 6.92 Å². The molecule has 2 saturated heterocycles. The second kappa shape index (κ2) is 7.51. The first-order valence-electron chi connectivity index (χ1n) is 9.23. The number of H-pyrrole nitrogens is 1. The summed E-state index contributed by atoms with van der Waals surface area (Å²) in [5.41, 5.74) is 0. The van der Waals surface area contributed by atoms with Gasteiger partial charge in [0.25, 0.3) is 5.91 Å². The molecule has 2 aliphatic heterocycles. The number of rotatable bonds is 4. The number of furan rings is 1. The quantitative estimate of drug-likeness (QED) is 0.833.